The number of furan rings is 1. The molecule has 0 atom stereocenters. The van der Waals surface area contributed by atoms with E-state index in [2.05, 4.69) is 48.5 Å². The average Bonchev–Trinajstić information content (AvgIpc) is 3.81. The van der Waals surface area contributed by atoms with Crippen molar-refractivity contribution in [2.24, 2.45) is 0 Å². The smallest absolute Gasteiger partial charge is 0.164 e. The number of fused-ring (bicyclic) bond motifs is 5. The van der Waals surface area contributed by atoms with E-state index in [4.69, 9.17) is 29.0 Å². The topological polar surface area (TPSA) is 51.8 Å². The molecule has 4 nitrogen and oxygen atoms in total. The molecule has 2 aromatic heterocycles. The zero-order valence-corrected chi connectivity index (χ0v) is 33.4. The molecule has 0 aliphatic carbocycles. The number of hydrogen-bond donors (Lipinski definition) is 0. The van der Waals surface area contributed by atoms with Crippen molar-refractivity contribution in [1.29, 1.82) is 0 Å². The third-order valence-corrected chi connectivity index (χ3v) is 11.5. The van der Waals surface area contributed by atoms with Crippen LogP contribution in [0.2, 0.25) is 0 Å². The van der Waals surface area contributed by atoms with Gasteiger partial charge in [0.2, 0.25) is 0 Å². The maximum absolute atomic E-state index is 9.58. The van der Waals surface area contributed by atoms with E-state index in [9.17, 15) is 2.74 Å². The van der Waals surface area contributed by atoms with E-state index < -0.39 is 65.5 Å². The van der Waals surface area contributed by atoms with Crippen molar-refractivity contribution in [3.05, 3.63) is 224 Å². The lowest BCUT2D eigenvalue weighted by molar-refractivity contribution is 0.669. The Balaban J connectivity index is 1.02. The molecular weight excluding hydrogens is 767 g/mol. The van der Waals surface area contributed by atoms with Crippen LogP contribution in [0, 0.1) is 0 Å². The van der Waals surface area contributed by atoms with Crippen molar-refractivity contribution < 1.29 is 16.8 Å². The number of benzene rings is 10. The zero-order valence-electron chi connectivity index (χ0n) is 42.4. The van der Waals surface area contributed by atoms with Gasteiger partial charge in [-0.3, -0.25) is 0 Å². The van der Waals surface area contributed by atoms with Crippen LogP contribution >= 0.6 is 0 Å². The highest BCUT2D eigenvalue weighted by atomic mass is 16.3. The molecular formula is C59H37N3O. The summed E-state index contributed by atoms with van der Waals surface area (Å²) >= 11 is 0. The van der Waals surface area contributed by atoms with Gasteiger partial charge in [0.05, 0.1) is 12.3 Å². The van der Waals surface area contributed by atoms with E-state index in [1.54, 1.807) is 0 Å². The Kier molecular flexibility index (Phi) is 6.79. The molecule has 0 radical (unpaired) electrons. The fraction of sp³-hybridized carbons (Fsp3) is 0. The lowest BCUT2D eigenvalue weighted by Crippen LogP contribution is -2.01. The van der Waals surface area contributed by atoms with Crippen LogP contribution in [0.3, 0.4) is 0 Å². The molecule has 0 bridgehead atoms. The molecule has 2 heterocycles. The van der Waals surface area contributed by atoms with E-state index >= 15 is 0 Å². The highest BCUT2D eigenvalue weighted by Crippen LogP contribution is 2.40. The third-order valence-electron chi connectivity index (χ3n) is 11.5. The first-order valence-electron chi connectivity index (χ1n) is 25.0. The van der Waals surface area contributed by atoms with Gasteiger partial charge in [-0.2, -0.15) is 0 Å². The van der Waals surface area contributed by atoms with Crippen LogP contribution in [0.5, 0.6) is 0 Å². The van der Waals surface area contributed by atoms with Crippen LogP contribution < -0.4 is 0 Å². The number of hydrogen-bond acceptors (Lipinski definition) is 4. The second kappa shape index (κ2) is 15.2. The molecule has 12 aromatic rings. The van der Waals surface area contributed by atoms with E-state index in [0.717, 1.165) is 76.9 Å². The molecule has 4 heteroatoms. The van der Waals surface area contributed by atoms with Crippen LogP contribution in [0.25, 0.3) is 122 Å². The molecule has 0 N–H and O–H groups in total. The average molecular weight is 813 g/mol. The molecule has 0 spiro atoms. The SMILES string of the molecule is [2H]c1c([2H])c([2H])c(-c2c([2H])c([2H])c([2H])c(-c3nc(-c4cccc(-c5ccc6cc(-c7cccc8oc9ccccc9c78)ccc6c5)c4)nc(-c4ccccc4-c4cccc5ccccc45)n3)c2[2H])c([2H])c1[2H]. The van der Waals surface area contributed by atoms with Crippen molar-refractivity contribution in [3.63, 3.8) is 0 Å². The molecule has 12 rings (SSSR count). The van der Waals surface area contributed by atoms with Gasteiger partial charge in [0.15, 0.2) is 17.5 Å². The van der Waals surface area contributed by atoms with Crippen LogP contribution in [0.1, 0.15) is 12.3 Å². The summed E-state index contributed by atoms with van der Waals surface area (Å²) in [7, 11) is 0. The predicted octanol–water partition coefficient (Wildman–Crippen LogP) is 15.7. The quantitative estimate of drug-likeness (QED) is 0.161. The predicted molar refractivity (Wildman–Crippen MR) is 260 cm³/mol. The van der Waals surface area contributed by atoms with E-state index in [1.165, 1.54) is 0 Å². The molecule has 0 aliphatic rings. The van der Waals surface area contributed by atoms with Gasteiger partial charge in [-0.1, -0.05) is 188 Å². The van der Waals surface area contributed by atoms with Gasteiger partial charge in [0.1, 0.15) is 11.2 Å². The largest absolute Gasteiger partial charge is 0.456 e. The van der Waals surface area contributed by atoms with Crippen molar-refractivity contribution >= 4 is 43.5 Å². The van der Waals surface area contributed by atoms with Gasteiger partial charge in [0, 0.05) is 27.5 Å². The van der Waals surface area contributed by atoms with Gasteiger partial charge in [-0.25, -0.2) is 15.0 Å². The van der Waals surface area contributed by atoms with Crippen molar-refractivity contribution in [2.75, 3.05) is 0 Å². The van der Waals surface area contributed by atoms with Gasteiger partial charge < -0.3 is 4.42 Å². The monoisotopic (exact) mass is 812 g/mol. The molecule has 10 aromatic carbocycles. The van der Waals surface area contributed by atoms with Gasteiger partial charge in [-0.05, 0) is 102 Å². The summed E-state index contributed by atoms with van der Waals surface area (Å²) in [4.78, 5) is 15.0. The van der Waals surface area contributed by atoms with E-state index in [-0.39, 0.29) is 23.0 Å². The molecule has 0 aliphatic heterocycles. The van der Waals surface area contributed by atoms with Crippen LogP contribution in [0.4, 0.5) is 0 Å². The van der Waals surface area contributed by atoms with Crippen molar-refractivity contribution in [3.8, 4) is 78.7 Å². The first-order valence-corrected chi connectivity index (χ1v) is 20.5. The fourth-order valence-corrected chi connectivity index (χ4v) is 8.51. The lowest BCUT2D eigenvalue weighted by atomic mass is 9.94. The van der Waals surface area contributed by atoms with Gasteiger partial charge >= 0.3 is 0 Å². The van der Waals surface area contributed by atoms with E-state index in [1.807, 2.05) is 121 Å². The second-order valence-electron chi connectivity index (χ2n) is 15.3. The molecule has 0 saturated heterocycles. The number of aromatic nitrogens is 3. The van der Waals surface area contributed by atoms with Gasteiger partial charge in [-0.15, -0.1) is 0 Å². The van der Waals surface area contributed by atoms with Crippen molar-refractivity contribution in [1.82, 2.24) is 15.0 Å². The minimum absolute atomic E-state index is 0.161. The van der Waals surface area contributed by atoms with Crippen molar-refractivity contribution in [2.45, 2.75) is 0 Å². The summed E-state index contributed by atoms with van der Waals surface area (Å²) in [6.07, 6.45) is 0. The summed E-state index contributed by atoms with van der Waals surface area (Å²) in [5.74, 6) is 0.237. The molecule has 0 fully saturated rings. The summed E-state index contributed by atoms with van der Waals surface area (Å²) in [6, 6.07) is 50.9. The highest BCUT2D eigenvalue weighted by molar-refractivity contribution is 6.13. The van der Waals surface area contributed by atoms with Crippen LogP contribution in [-0.2, 0) is 0 Å². The molecule has 63 heavy (non-hydrogen) atoms. The third kappa shape index (κ3) is 6.62. The Bertz CT molecular complexity index is 4210. The lowest BCUT2D eigenvalue weighted by Gasteiger charge is -2.14. The molecule has 294 valence electrons. The molecule has 0 amide bonds. The Morgan fingerprint density at radius 2 is 0.921 bits per heavy atom. The Labute approximate surface area is 377 Å². The number of nitrogens with zero attached hydrogens (tertiary/aromatic N) is 3. The maximum Gasteiger partial charge on any atom is 0.164 e. The first-order chi connectivity index (χ1) is 34.9. The number of para-hydroxylation sites is 1. The first kappa shape index (κ1) is 28.1. The summed E-state index contributed by atoms with van der Waals surface area (Å²) in [5.41, 5.74) is 7.48. The molecule has 0 saturated carbocycles. The normalized spacial score (nSPS) is 13.5. The fourth-order valence-electron chi connectivity index (χ4n) is 8.51. The highest BCUT2D eigenvalue weighted by Gasteiger charge is 2.18. The van der Waals surface area contributed by atoms with E-state index in [0.29, 0.717) is 11.1 Å². The molecule has 0 unspecified atom stereocenters. The minimum atomic E-state index is -0.657. The van der Waals surface area contributed by atoms with Crippen LogP contribution in [0.15, 0.2) is 229 Å². The second-order valence-corrected chi connectivity index (χ2v) is 15.3. The maximum atomic E-state index is 9.58. The Morgan fingerprint density at radius 3 is 1.81 bits per heavy atom. The summed E-state index contributed by atoms with van der Waals surface area (Å²) < 4.78 is 85.4. The minimum Gasteiger partial charge on any atom is -0.456 e. The summed E-state index contributed by atoms with van der Waals surface area (Å²) in [6.45, 7) is 0. The summed E-state index contributed by atoms with van der Waals surface area (Å²) in [5, 5.41) is 6.26. The Hall–Kier alpha value is -8.47. The standard InChI is InChI=1S/C59H37N3O/c1-2-14-38(15-3-1)40-18-10-20-46(36-40)57-60-58(62-59(61-57)52-24-7-6-23-51(52)50-27-12-17-39-16-4-5-22-48(39)50)47-21-11-19-41(37-47)42-30-31-44-35-45(33-32-43(44)34-42)49-26-13-29-55-56(49)53-25-8-9-28-54(53)63-55/h1-37H/i1D,2D,3D,10D,14D,15D,18D,20D,36D. The van der Waals surface area contributed by atoms with Crippen LogP contribution in [-0.4, -0.2) is 15.0 Å². The Morgan fingerprint density at radius 1 is 0.333 bits per heavy atom. The number of rotatable bonds is 7. The van der Waals surface area contributed by atoms with Gasteiger partial charge in [0.25, 0.3) is 0 Å². The zero-order chi connectivity index (χ0) is 49.5.